The van der Waals surface area contributed by atoms with Gasteiger partial charge in [0.05, 0.1) is 10.8 Å². The van der Waals surface area contributed by atoms with Crippen molar-refractivity contribution in [2.75, 3.05) is 0 Å². The third kappa shape index (κ3) is 2.01. The van der Waals surface area contributed by atoms with Crippen molar-refractivity contribution in [2.45, 2.75) is 49.3 Å². The minimum atomic E-state index is -3.24. The Labute approximate surface area is 90.0 Å². The van der Waals surface area contributed by atoms with E-state index in [9.17, 15) is 8.42 Å². The molecule has 0 unspecified atom stereocenters. The summed E-state index contributed by atoms with van der Waals surface area (Å²) in [5.41, 5.74) is 4.74. The molecule has 0 spiro atoms. The number of nitrogens with one attached hydrogen (secondary N) is 2. The Kier molecular flexibility index (Phi) is 2.50. The molecule has 4 N–H and O–H groups in total. The summed E-state index contributed by atoms with van der Waals surface area (Å²) in [5.74, 6) is -0.0378. The Morgan fingerprint density at radius 3 is 2.27 bits per heavy atom. The first kappa shape index (κ1) is 10.9. The Bertz CT molecular complexity index is 367. The Hall–Kier alpha value is -0.620. The van der Waals surface area contributed by atoms with E-state index in [-0.39, 0.29) is 11.1 Å². The number of sulfonamides is 1. The summed E-state index contributed by atoms with van der Waals surface area (Å²) >= 11 is 0. The number of amidine groups is 1. The van der Waals surface area contributed by atoms with Crippen molar-refractivity contribution < 1.29 is 8.42 Å². The van der Waals surface area contributed by atoms with Crippen LogP contribution in [0.3, 0.4) is 0 Å². The van der Waals surface area contributed by atoms with Crippen molar-refractivity contribution in [2.24, 2.45) is 5.73 Å². The number of nitrogens with two attached hydrogens (primary N) is 1. The van der Waals surface area contributed by atoms with E-state index in [2.05, 4.69) is 4.72 Å². The van der Waals surface area contributed by atoms with Crippen LogP contribution in [0.4, 0.5) is 0 Å². The van der Waals surface area contributed by atoms with Gasteiger partial charge in [0.2, 0.25) is 10.0 Å². The van der Waals surface area contributed by atoms with Crippen LogP contribution >= 0.6 is 0 Å². The van der Waals surface area contributed by atoms with Gasteiger partial charge in [-0.1, -0.05) is 12.8 Å². The molecule has 15 heavy (non-hydrogen) atoms. The van der Waals surface area contributed by atoms with Gasteiger partial charge in [-0.2, -0.15) is 0 Å². The molecule has 2 aliphatic rings. The van der Waals surface area contributed by atoms with Crippen LogP contribution in [0.5, 0.6) is 0 Å². The van der Waals surface area contributed by atoms with Crippen LogP contribution in [0.2, 0.25) is 0 Å². The third-order valence-corrected chi connectivity index (χ3v) is 5.30. The van der Waals surface area contributed by atoms with E-state index in [4.69, 9.17) is 11.1 Å². The van der Waals surface area contributed by atoms with E-state index in [1.54, 1.807) is 0 Å². The first-order valence-corrected chi connectivity index (χ1v) is 6.88. The molecular formula is C9H17N3O2S. The molecule has 5 nitrogen and oxygen atoms in total. The van der Waals surface area contributed by atoms with Gasteiger partial charge >= 0.3 is 0 Å². The van der Waals surface area contributed by atoms with Gasteiger partial charge in [0, 0.05) is 0 Å². The van der Waals surface area contributed by atoms with E-state index >= 15 is 0 Å². The summed E-state index contributed by atoms with van der Waals surface area (Å²) in [6.45, 7) is 0. The van der Waals surface area contributed by atoms with Gasteiger partial charge in [-0.15, -0.1) is 0 Å². The van der Waals surface area contributed by atoms with Crippen molar-refractivity contribution in [3.05, 3.63) is 0 Å². The van der Waals surface area contributed by atoms with E-state index < -0.39 is 15.6 Å². The quantitative estimate of drug-likeness (QED) is 0.480. The minimum Gasteiger partial charge on any atom is -0.386 e. The van der Waals surface area contributed by atoms with Crippen LogP contribution in [0.25, 0.3) is 0 Å². The van der Waals surface area contributed by atoms with Gasteiger partial charge in [-0.3, -0.25) is 5.41 Å². The molecule has 0 saturated heterocycles. The van der Waals surface area contributed by atoms with Gasteiger partial charge in [0.15, 0.2) is 0 Å². The van der Waals surface area contributed by atoms with Crippen molar-refractivity contribution in [3.63, 3.8) is 0 Å². The molecule has 0 atom stereocenters. The highest BCUT2D eigenvalue weighted by Gasteiger charge is 2.45. The van der Waals surface area contributed by atoms with Gasteiger partial charge in [-0.05, 0) is 25.7 Å². The lowest BCUT2D eigenvalue weighted by Gasteiger charge is -2.28. The molecule has 2 rings (SSSR count). The highest BCUT2D eigenvalue weighted by Crippen LogP contribution is 2.34. The van der Waals surface area contributed by atoms with Crippen LogP contribution in [0, 0.1) is 5.41 Å². The smallest absolute Gasteiger partial charge is 0.215 e. The molecule has 2 saturated carbocycles. The second-order valence-electron chi connectivity index (χ2n) is 4.55. The second kappa shape index (κ2) is 3.45. The molecule has 0 aromatic carbocycles. The summed E-state index contributed by atoms with van der Waals surface area (Å²) in [4.78, 5) is 0. The fraction of sp³-hybridized carbons (Fsp3) is 0.889. The molecule has 0 bridgehead atoms. The highest BCUT2D eigenvalue weighted by atomic mass is 32.2. The summed E-state index contributed by atoms with van der Waals surface area (Å²) in [6, 6.07) is 0. The summed E-state index contributed by atoms with van der Waals surface area (Å²) < 4.78 is 26.2. The van der Waals surface area contributed by atoms with Crippen LogP contribution in [-0.4, -0.2) is 25.0 Å². The van der Waals surface area contributed by atoms with Crippen LogP contribution in [0.1, 0.15) is 38.5 Å². The largest absolute Gasteiger partial charge is 0.386 e. The van der Waals surface area contributed by atoms with Gasteiger partial charge < -0.3 is 5.73 Å². The third-order valence-electron chi connectivity index (χ3n) is 3.27. The summed E-state index contributed by atoms with van der Waals surface area (Å²) in [5, 5.41) is 7.29. The molecule has 2 aliphatic carbocycles. The second-order valence-corrected chi connectivity index (χ2v) is 6.51. The molecule has 0 aromatic rings. The zero-order chi connectivity index (χ0) is 11.1. The zero-order valence-electron chi connectivity index (χ0n) is 8.62. The Morgan fingerprint density at radius 1 is 1.33 bits per heavy atom. The maximum atomic E-state index is 11.8. The maximum absolute atomic E-state index is 11.8. The van der Waals surface area contributed by atoms with Crippen LogP contribution in [0.15, 0.2) is 0 Å². The molecule has 0 amide bonds. The lowest BCUT2D eigenvalue weighted by molar-refractivity contribution is 0.495. The molecular weight excluding hydrogens is 214 g/mol. The number of hydrogen-bond acceptors (Lipinski definition) is 3. The molecule has 6 heteroatoms. The van der Waals surface area contributed by atoms with E-state index in [1.165, 1.54) is 0 Å². The minimum absolute atomic E-state index is 0.0378. The lowest BCUT2D eigenvalue weighted by Crippen LogP contribution is -2.55. The van der Waals surface area contributed by atoms with Crippen LogP contribution < -0.4 is 10.5 Å². The fourth-order valence-electron chi connectivity index (χ4n) is 2.14. The number of rotatable bonds is 4. The fourth-order valence-corrected chi connectivity index (χ4v) is 3.92. The molecule has 86 valence electrons. The molecule has 0 aliphatic heterocycles. The van der Waals surface area contributed by atoms with Gasteiger partial charge in [0.25, 0.3) is 0 Å². The Balaban J connectivity index is 2.16. The predicted octanol–water partition coefficient (Wildman–Crippen LogP) is 0.317. The summed E-state index contributed by atoms with van der Waals surface area (Å²) in [7, 11) is -3.24. The molecule has 2 fully saturated rings. The highest BCUT2D eigenvalue weighted by molar-refractivity contribution is 7.90. The average molecular weight is 231 g/mol. The van der Waals surface area contributed by atoms with Crippen molar-refractivity contribution in [1.29, 1.82) is 5.41 Å². The van der Waals surface area contributed by atoms with Crippen molar-refractivity contribution in [3.8, 4) is 0 Å². The first-order chi connectivity index (χ1) is 6.96. The zero-order valence-corrected chi connectivity index (χ0v) is 9.44. The van der Waals surface area contributed by atoms with Crippen LogP contribution in [-0.2, 0) is 10.0 Å². The normalized spacial score (nSPS) is 25.3. The van der Waals surface area contributed by atoms with Crippen molar-refractivity contribution in [1.82, 2.24) is 4.72 Å². The average Bonchev–Trinajstić information content (AvgIpc) is 2.89. The maximum Gasteiger partial charge on any atom is 0.215 e. The predicted molar refractivity (Wildman–Crippen MR) is 58.2 cm³/mol. The van der Waals surface area contributed by atoms with Crippen molar-refractivity contribution >= 4 is 15.9 Å². The van der Waals surface area contributed by atoms with E-state index in [1.807, 2.05) is 0 Å². The SMILES string of the molecule is N=C(N)C1(NS(=O)(=O)C2CC2)CCCC1. The first-order valence-electron chi connectivity index (χ1n) is 5.34. The Morgan fingerprint density at radius 2 is 1.87 bits per heavy atom. The molecule has 0 aromatic heterocycles. The topological polar surface area (TPSA) is 96.0 Å². The monoisotopic (exact) mass is 231 g/mol. The molecule has 0 heterocycles. The van der Waals surface area contributed by atoms with Gasteiger partial charge in [-0.25, -0.2) is 13.1 Å². The van der Waals surface area contributed by atoms with Gasteiger partial charge in [0.1, 0.15) is 5.84 Å². The summed E-state index contributed by atoms with van der Waals surface area (Å²) in [6.07, 6.45) is 4.68. The van der Waals surface area contributed by atoms with E-state index in [0.29, 0.717) is 12.8 Å². The molecule has 0 radical (unpaired) electrons. The number of hydrogen-bond donors (Lipinski definition) is 3. The lowest BCUT2D eigenvalue weighted by atomic mass is 9.98. The van der Waals surface area contributed by atoms with E-state index in [0.717, 1.165) is 25.7 Å². The standard InChI is InChI=1S/C9H17N3O2S/c10-8(11)9(5-1-2-6-9)12-15(13,14)7-3-4-7/h7,12H,1-6H2,(H3,10,11).